The number of amides is 1. The predicted molar refractivity (Wildman–Crippen MR) is 134 cm³/mol. The summed E-state index contributed by atoms with van der Waals surface area (Å²) < 4.78 is 15.5. The highest BCUT2D eigenvalue weighted by Gasteiger charge is 2.25. The molecule has 1 saturated heterocycles. The molecule has 0 radical (unpaired) electrons. The molecule has 1 aliphatic rings. The summed E-state index contributed by atoms with van der Waals surface area (Å²) >= 11 is 0. The minimum Gasteiger partial charge on any atom is -0.354 e. The summed E-state index contributed by atoms with van der Waals surface area (Å²) in [6, 6.07) is 15.9. The first-order valence-electron chi connectivity index (χ1n) is 12.2. The van der Waals surface area contributed by atoms with Gasteiger partial charge in [0.25, 0.3) is 5.91 Å². The van der Waals surface area contributed by atoms with Gasteiger partial charge in [0.1, 0.15) is 17.5 Å². The molecule has 0 N–H and O–H groups in total. The first-order chi connectivity index (χ1) is 17.0. The van der Waals surface area contributed by atoms with Crippen molar-refractivity contribution in [3.8, 4) is 5.69 Å². The Morgan fingerprint density at radius 3 is 2.63 bits per heavy atom. The Kier molecular flexibility index (Phi) is 6.44. The summed E-state index contributed by atoms with van der Waals surface area (Å²) in [5.41, 5.74) is 2.12. The number of carbonyl (C=O) groups excluding carboxylic acids is 1. The molecule has 1 aliphatic heterocycles. The molecular weight excluding hydrogens is 443 g/mol. The van der Waals surface area contributed by atoms with Crippen LogP contribution in [0.2, 0.25) is 0 Å². The predicted octanol–water partition coefficient (Wildman–Crippen LogP) is 4.82. The van der Waals surface area contributed by atoms with Crippen molar-refractivity contribution < 1.29 is 9.18 Å². The summed E-state index contributed by atoms with van der Waals surface area (Å²) in [5, 5.41) is 5.54. The van der Waals surface area contributed by atoms with Crippen LogP contribution in [-0.4, -0.2) is 56.7 Å². The van der Waals surface area contributed by atoms with Crippen LogP contribution in [0.25, 0.3) is 16.7 Å². The van der Waals surface area contributed by atoms with Crippen molar-refractivity contribution in [3.05, 3.63) is 78.0 Å². The second-order valence-corrected chi connectivity index (χ2v) is 8.99. The van der Waals surface area contributed by atoms with E-state index in [4.69, 9.17) is 9.97 Å². The van der Waals surface area contributed by atoms with E-state index in [0.717, 1.165) is 47.7 Å². The Balaban J connectivity index is 1.48. The highest BCUT2D eigenvalue weighted by Crippen LogP contribution is 2.29. The number of benzene rings is 2. The van der Waals surface area contributed by atoms with Crippen molar-refractivity contribution in [1.29, 1.82) is 0 Å². The molecule has 2 aromatic carbocycles. The molecule has 2 aromatic heterocycles. The lowest BCUT2D eigenvalue weighted by Gasteiger charge is -2.24. The third kappa shape index (κ3) is 4.60. The Labute approximate surface area is 204 Å². The van der Waals surface area contributed by atoms with Crippen molar-refractivity contribution in [2.75, 3.05) is 31.1 Å². The number of para-hydroxylation sites is 1. The molecule has 8 heteroatoms. The molecule has 35 heavy (non-hydrogen) atoms. The fourth-order valence-corrected chi connectivity index (χ4v) is 4.45. The van der Waals surface area contributed by atoms with E-state index in [2.05, 4.69) is 23.8 Å². The Bertz CT molecular complexity index is 1340. The van der Waals surface area contributed by atoms with Gasteiger partial charge >= 0.3 is 0 Å². The highest BCUT2D eigenvalue weighted by atomic mass is 19.1. The molecule has 0 spiro atoms. The molecular formula is C27H29FN6O. The van der Waals surface area contributed by atoms with E-state index in [1.165, 1.54) is 12.1 Å². The standard InChI is InChI=1S/C27H29FN6O/c1-3-19(2)24-30-25(23-18-29-34(26(23)31-24)22-11-5-4-6-12-22)32-13-8-14-33(16-15-32)27(35)20-9-7-10-21(28)17-20/h4-7,9-12,17-19H,3,8,13-16H2,1-2H3/t19-/m0/s1. The molecule has 5 rings (SSSR count). The van der Waals surface area contributed by atoms with Gasteiger partial charge < -0.3 is 9.80 Å². The van der Waals surface area contributed by atoms with E-state index in [-0.39, 0.29) is 11.8 Å². The van der Waals surface area contributed by atoms with Crippen LogP contribution in [0.15, 0.2) is 60.8 Å². The van der Waals surface area contributed by atoms with Crippen LogP contribution >= 0.6 is 0 Å². The van der Waals surface area contributed by atoms with Gasteiger partial charge in [-0.1, -0.05) is 38.1 Å². The van der Waals surface area contributed by atoms with Gasteiger partial charge in [0.05, 0.1) is 17.3 Å². The van der Waals surface area contributed by atoms with Gasteiger partial charge in [-0.25, -0.2) is 19.0 Å². The van der Waals surface area contributed by atoms with Crippen LogP contribution in [0, 0.1) is 5.82 Å². The Morgan fingerprint density at radius 1 is 1.03 bits per heavy atom. The monoisotopic (exact) mass is 472 g/mol. The lowest BCUT2D eigenvalue weighted by molar-refractivity contribution is 0.0766. The molecule has 0 saturated carbocycles. The topological polar surface area (TPSA) is 67.2 Å². The second-order valence-electron chi connectivity index (χ2n) is 8.99. The van der Waals surface area contributed by atoms with Crippen LogP contribution in [0.4, 0.5) is 10.2 Å². The molecule has 1 fully saturated rings. The zero-order valence-electron chi connectivity index (χ0n) is 20.1. The maximum Gasteiger partial charge on any atom is 0.254 e. The zero-order chi connectivity index (χ0) is 24.4. The SMILES string of the molecule is CC[C@H](C)c1nc(N2CCCN(C(=O)c3cccc(F)c3)CC2)c2cnn(-c3ccccc3)c2n1. The van der Waals surface area contributed by atoms with Crippen molar-refractivity contribution in [3.63, 3.8) is 0 Å². The number of carbonyl (C=O) groups is 1. The van der Waals surface area contributed by atoms with Crippen LogP contribution in [0.1, 0.15) is 48.8 Å². The van der Waals surface area contributed by atoms with Crippen LogP contribution in [0.5, 0.6) is 0 Å². The van der Waals surface area contributed by atoms with Crippen molar-refractivity contribution >= 4 is 22.8 Å². The summed E-state index contributed by atoms with van der Waals surface area (Å²) in [6.45, 7) is 6.80. The van der Waals surface area contributed by atoms with Crippen molar-refractivity contribution in [2.24, 2.45) is 0 Å². The van der Waals surface area contributed by atoms with Crippen LogP contribution in [0.3, 0.4) is 0 Å². The molecule has 4 aromatic rings. The third-order valence-corrected chi connectivity index (χ3v) is 6.63. The fourth-order valence-electron chi connectivity index (χ4n) is 4.45. The number of nitrogens with zero attached hydrogens (tertiary/aromatic N) is 6. The van der Waals surface area contributed by atoms with E-state index in [9.17, 15) is 9.18 Å². The Morgan fingerprint density at radius 2 is 1.86 bits per heavy atom. The maximum atomic E-state index is 13.7. The normalized spacial score (nSPS) is 15.3. The number of fused-ring (bicyclic) bond motifs is 1. The van der Waals surface area contributed by atoms with Gasteiger partial charge in [0.2, 0.25) is 0 Å². The fraction of sp³-hybridized carbons (Fsp3) is 0.333. The van der Waals surface area contributed by atoms with Crippen molar-refractivity contribution in [2.45, 2.75) is 32.6 Å². The summed E-state index contributed by atoms with van der Waals surface area (Å²) in [5.74, 6) is 1.31. The first kappa shape index (κ1) is 23.0. The lowest BCUT2D eigenvalue weighted by Crippen LogP contribution is -2.35. The summed E-state index contributed by atoms with van der Waals surface area (Å²) in [6.07, 6.45) is 3.55. The van der Waals surface area contributed by atoms with Gasteiger partial charge in [0.15, 0.2) is 5.65 Å². The van der Waals surface area contributed by atoms with Gasteiger partial charge in [-0.2, -0.15) is 5.10 Å². The quantitative estimate of drug-likeness (QED) is 0.417. The van der Waals surface area contributed by atoms with Gasteiger partial charge in [-0.05, 0) is 43.2 Å². The van der Waals surface area contributed by atoms with E-state index in [0.29, 0.717) is 25.2 Å². The third-order valence-electron chi connectivity index (χ3n) is 6.63. The largest absolute Gasteiger partial charge is 0.354 e. The van der Waals surface area contributed by atoms with Crippen molar-refractivity contribution in [1.82, 2.24) is 24.6 Å². The van der Waals surface area contributed by atoms with E-state index < -0.39 is 5.82 Å². The van der Waals surface area contributed by atoms with Crippen LogP contribution in [-0.2, 0) is 0 Å². The average Bonchev–Trinajstić information content (AvgIpc) is 3.17. The number of rotatable bonds is 5. The minimum absolute atomic E-state index is 0.142. The second kappa shape index (κ2) is 9.82. The van der Waals surface area contributed by atoms with E-state index >= 15 is 0 Å². The zero-order valence-corrected chi connectivity index (χ0v) is 20.1. The smallest absolute Gasteiger partial charge is 0.254 e. The van der Waals surface area contributed by atoms with E-state index in [1.807, 2.05) is 41.2 Å². The summed E-state index contributed by atoms with van der Waals surface area (Å²) in [4.78, 5) is 26.9. The van der Waals surface area contributed by atoms with Crippen LogP contribution < -0.4 is 4.90 Å². The first-order valence-corrected chi connectivity index (χ1v) is 12.2. The number of hydrogen-bond acceptors (Lipinski definition) is 5. The summed E-state index contributed by atoms with van der Waals surface area (Å²) in [7, 11) is 0. The lowest BCUT2D eigenvalue weighted by atomic mass is 10.1. The molecule has 1 amide bonds. The minimum atomic E-state index is -0.399. The number of aromatic nitrogens is 4. The Hall–Kier alpha value is -3.81. The highest BCUT2D eigenvalue weighted by molar-refractivity contribution is 5.94. The number of anilines is 1. The number of halogens is 1. The molecule has 0 unspecified atom stereocenters. The van der Waals surface area contributed by atoms with E-state index in [1.54, 1.807) is 17.0 Å². The molecule has 1 atom stereocenters. The van der Waals surface area contributed by atoms with Gasteiger partial charge in [-0.15, -0.1) is 0 Å². The molecule has 180 valence electrons. The van der Waals surface area contributed by atoms with Gasteiger partial charge in [0, 0.05) is 37.7 Å². The molecule has 0 aliphatic carbocycles. The molecule has 3 heterocycles. The van der Waals surface area contributed by atoms with Gasteiger partial charge in [-0.3, -0.25) is 4.79 Å². The molecule has 0 bridgehead atoms. The number of hydrogen-bond donors (Lipinski definition) is 0. The average molecular weight is 473 g/mol. The molecule has 7 nitrogen and oxygen atoms in total. The maximum absolute atomic E-state index is 13.7.